The fourth-order valence-corrected chi connectivity index (χ4v) is 2.43. The summed E-state index contributed by atoms with van der Waals surface area (Å²) in [5, 5.41) is 0.986. The highest BCUT2D eigenvalue weighted by molar-refractivity contribution is 5.87. The van der Waals surface area contributed by atoms with E-state index in [1.807, 2.05) is 0 Å². The number of fused-ring (bicyclic) bond motifs is 1. The van der Waals surface area contributed by atoms with E-state index in [2.05, 4.69) is 0 Å². The first kappa shape index (κ1) is 15.7. The average Bonchev–Trinajstić information content (AvgIpc) is 2.36. The number of aryl methyl sites for hydroxylation is 1. The number of rotatable bonds is 1. The molecule has 0 amide bonds. The first-order valence-corrected chi connectivity index (χ1v) is 6.12. The van der Waals surface area contributed by atoms with Gasteiger partial charge in [0.05, 0.1) is 0 Å². The van der Waals surface area contributed by atoms with Gasteiger partial charge < -0.3 is 0 Å². The molecule has 0 nitrogen and oxygen atoms in total. The Balaban J connectivity index is 2.82. The lowest BCUT2D eigenvalue weighted by atomic mass is 9.77. The van der Waals surface area contributed by atoms with E-state index in [9.17, 15) is 26.3 Å². The molecule has 2 aromatic rings. The van der Waals surface area contributed by atoms with Crippen LogP contribution in [0.4, 0.5) is 26.3 Å². The smallest absolute Gasteiger partial charge is 0.170 e. The summed E-state index contributed by atoms with van der Waals surface area (Å²) in [4.78, 5) is 0. The standard InChI is InChI=1S/C15H12F6/c1-9-11-6-4-3-5-10(11)7-8-12(9)13(2,14(16,17)18)15(19,20)21/h3-8H,1-2H3. The second-order valence-electron chi connectivity index (χ2n) is 5.08. The van der Waals surface area contributed by atoms with Crippen LogP contribution < -0.4 is 0 Å². The maximum atomic E-state index is 13.1. The van der Waals surface area contributed by atoms with Gasteiger partial charge in [-0.05, 0) is 35.7 Å². The Labute approximate surface area is 117 Å². The Morgan fingerprint density at radius 2 is 1.29 bits per heavy atom. The third kappa shape index (κ3) is 2.26. The summed E-state index contributed by atoms with van der Waals surface area (Å²) >= 11 is 0. The summed E-state index contributed by atoms with van der Waals surface area (Å²) in [5.74, 6) is 0. The maximum Gasteiger partial charge on any atom is 0.406 e. The lowest BCUT2D eigenvalue weighted by molar-refractivity contribution is -0.297. The molecule has 6 heteroatoms. The minimum Gasteiger partial charge on any atom is -0.170 e. The predicted octanol–water partition coefficient (Wildman–Crippen LogP) is 5.53. The molecule has 0 unspecified atom stereocenters. The van der Waals surface area contributed by atoms with Crippen molar-refractivity contribution in [1.29, 1.82) is 0 Å². The van der Waals surface area contributed by atoms with Gasteiger partial charge >= 0.3 is 12.4 Å². The average molecular weight is 306 g/mol. The van der Waals surface area contributed by atoms with E-state index < -0.39 is 23.3 Å². The molecule has 2 rings (SSSR count). The Kier molecular flexibility index (Phi) is 3.46. The van der Waals surface area contributed by atoms with Crippen LogP contribution in [0.1, 0.15) is 18.1 Å². The highest BCUT2D eigenvalue weighted by Crippen LogP contribution is 2.53. The maximum absolute atomic E-state index is 13.1. The van der Waals surface area contributed by atoms with Gasteiger partial charge in [0.15, 0.2) is 5.41 Å². The molecule has 114 valence electrons. The molecule has 0 N–H and O–H groups in total. The predicted molar refractivity (Wildman–Crippen MR) is 68.1 cm³/mol. The van der Waals surface area contributed by atoms with E-state index in [0.29, 0.717) is 10.8 Å². The topological polar surface area (TPSA) is 0 Å². The molecule has 21 heavy (non-hydrogen) atoms. The van der Waals surface area contributed by atoms with E-state index in [1.54, 1.807) is 18.2 Å². The fourth-order valence-electron chi connectivity index (χ4n) is 2.43. The normalized spacial score (nSPS) is 13.7. The molecule has 0 fully saturated rings. The minimum absolute atomic E-state index is 0.00903. The third-order valence-electron chi connectivity index (χ3n) is 3.87. The SMILES string of the molecule is Cc1c(C(C)(C(F)(F)F)C(F)(F)F)ccc2ccccc12. The summed E-state index contributed by atoms with van der Waals surface area (Å²) in [7, 11) is 0. The highest BCUT2D eigenvalue weighted by atomic mass is 19.4. The largest absolute Gasteiger partial charge is 0.406 e. The first-order valence-electron chi connectivity index (χ1n) is 6.12. The third-order valence-corrected chi connectivity index (χ3v) is 3.87. The van der Waals surface area contributed by atoms with Crippen molar-refractivity contribution in [2.75, 3.05) is 0 Å². The van der Waals surface area contributed by atoms with Crippen LogP contribution in [0.25, 0.3) is 10.8 Å². The second kappa shape index (κ2) is 4.64. The van der Waals surface area contributed by atoms with Gasteiger partial charge in [0.25, 0.3) is 0 Å². The number of hydrogen-bond acceptors (Lipinski definition) is 0. The molecule has 0 spiro atoms. The molecule has 0 saturated heterocycles. The van der Waals surface area contributed by atoms with Gasteiger partial charge in [0, 0.05) is 0 Å². The van der Waals surface area contributed by atoms with Crippen molar-refractivity contribution in [3.63, 3.8) is 0 Å². The summed E-state index contributed by atoms with van der Waals surface area (Å²) < 4.78 is 78.9. The van der Waals surface area contributed by atoms with Crippen LogP contribution in [-0.2, 0) is 5.41 Å². The van der Waals surface area contributed by atoms with E-state index in [1.165, 1.54) is 19.1 Å². The van der Waals surface area contributed by atoms with Gasteiger partial charge in [-0.2, -0.15) is 26.3 Å². The van der Waals surface area contributed by atoms with Crippen LogP contribution in [0, 0.1) is 6.92 Å². The Bertz CT molecular complexity index is 652. The van der Waals surface area contributed by atoms with Crippen LogP contribution in [0.15, 0.2) is 36.4 Å². The molecule has 0 atom stereocenters. The summed E-state index contributed by atoms with van der Waals surface area (Å²) in [5.41, 5.74) is -4.67. The minimum atomic E-state index is -5.43. The van der Waals surface area contributed by atoms with E-state index in [-0.39, 0.29) is 12.5 Å². The zero-order valence-corrected chi connectivity index (χ0v) is 11.2. The fraction of sp³-hybridized carbons (Fsp3) is 0.333. The van der Waals surface area contributed by atoms with Crippen molar-refractivity contribution in [3.8, 4) is 0 Å². The van der Waals surface area contributed by atoms with Crippen LogP contribution in [0.3, 0.4) is 0 Å². The molecule has 0 radical (unpaired) electrons. The molecule has 0 bridgehead atoms. The molecule has 0 heterocycles. The Hall–Kier alpha value is -1.72. The molecule has 0 aliphatic rings. The van der Waals surface area contributed by atoms with Crippen molar-refractivity contribution in [2.24, 2.45) is 0 Å². The van der Waals surface area contributed by atoms with Gasteiger partial charge in [-0.1, -0.05) is 36.4 Å². The van der Waals surface area contributed by atoms with Gasteiger partial charge in [-0.3, -0.25) is 0 Å². The molecule has 0 aliphatic carbocycles. The lowest BCUT2D eigenvalue weighted by Gasteiger charge is -2.35. The van der Waals surface area contributed by atoms with Gasteiger partial charge in [-0.15, -0.1) is 0 Å². The van der Waals surface area contributed by atoms with Gasteiger partial charge in [0.1, 0.15) is 0 Å². The van der Waals surface area contributed by atoms with Crippen LogP contribution in [0.2, 0.25) is 0 Å². The molecular formula is C15H12F6. The zero-order valence-electron chi connectivity index (χ0n) is 11.2. The van der Waals surface area contributed by atoms with Crippen molar-refractivity contribution in [2.45, 2.75) is 31.6 Å². The van der Waals surface area contributed by atoms with Gasteiger partial charge in [0.2, 0.25) is 0 Å². The van der Waals surface area contributed by atoms with Crippen LogP contribution in [0.5, 0.6) is 0 Å². The van der Waals surface area contributed by atoms with Crippen LogP contribution in [-0.4, -0.2) is 12.4 Å². The summed E-state index contributed by atoms with van der Waals surface area (Å²) in [6.07, 6.45) is -10.9. The number of halogens is 6. The Morgan fingerprint density at radius 3 is 1.81 bits per heavy atom. The monoisotopic (exact) mass is 306 g/mol. The molecule has 0 saturated carbocycles. The van der Waals surface area contributed by atoms with E-state index >= 15 is 0 Å². The molecular weight excluding hydrogens is 294 g/mol. The molecule has 0 aromatic heterocycles. The van der Waals surface area contributed by atoms with Crippen molar-refractivity contribution < 1.29 is 26.3 Å². The van der Waals surface area contributed by atoms with Crippen molar-refractivity contribution >= 4 is 10.8 Å². The Morgan fingerprint density at radius 1 is 0.762 bits per heavy atom. The lowest BCUT2D eigenvalue weighted by Crippen LogP contribution is -2.51. The number of benzene rings is 2. The summed E-state index contributed by atoms with van der Waals surface area (Å²) in [6, 6.07) is 8.61. The quantitative estimate of drug-likeness (QED) is 0.608. The molecule has 2 aromatic carbocycles. The van der Waals surface area contributed by atoms with Gasteiger partial charge in [-0.25, -0.2) is 0 Å². The summed E-state index contributed by atoms with van der Waals surface area (Å²) in [6.45, 7) is 1.47. The second-order valence-corrected chi connectivity index (χ2v) is 5.08. The highest BCUT2D eigenvalue weighted by Gasteiger charge is 2.68. The number of hydrogen-bond donors (Lipinski definition) is 0. The van der Waals surface area contributed by atoms with Crippen molar-refractivity contribution in [3.05, 3.63) is 47.5 Å². The van der Waals surface area contributed by atoms with Crippen LogP contribution >= 0.6 is 0 Å². The molecule has 0 aliphatic heterocycles. The zero-order chi connectivity index (χ0) is 16.1. The van der Waals surface area contributed by atoms with E-state index in [4.69, 9.17) is 0 Å². The van der Waals surface area contributed by atoms with E-state index in [0.717, 1.165) is 6.07 Å². The first-order chi connectivity index (χ1) is 9.50. The van der Waals surface area contributed by atoms with Crippen molar-refractivity contribution in [1.82, 2.24) is 0 Å². The number of alkyl halides is 6.